The van der Waals surface area contributed by atoms with Gasteiger partial charge in [0.05, 0.1) is 4.83 Å². The Labute approximate surface area is 70.5 Å². The van der Waals surface area contributed by atoms with Crippen molar-refractivity contribution in [2.24, 2.45) is 0 Å². The quantitative estimate of drug-likeness (QED) is 0.702. The lowest BCUT2D eigenvalue weighted by molar-refractivity contribution is -0.120. The van der Waals surface area contributed by atoms with Gasteiger partial charge in [0.25, 0.3) is 0 Å². The molecule has 2 atom stereocenters. The van der Waals surface area contributed by atoms with E-state index >= 15 is 0 Å². The predicted octanol–water partition coefficient (Wildman–Crippen LogP) is 1.68. The van der Waals surface area contributed by atoms with Gasteiger partial charge in [0.1, 0.15) is 0 Å². The number of carbonyl (C=O) groups excluding carboxylic acids is 1. The fourth-order valence-corrected chi connectivity index (χ4v) is 0.592. The number of nitrogens with one attached hydrogen (secondary N) is 1. The summed E-state index contributed by atoms with van der Waals surface area (Å²) in [6.45, 7) is 5.86. The molecule has 0 spiro atoms. The van der Waals surface area contributed by atoms with Gasteiger partial charge >= 0.3 is 0 Å². The zero-order valence-corrected chi connectivity index (χ0v) is 8.23. The van der Waals surface area contributed by atoms with E-state index < -0.39 is 0 Å². The van der Waals surface area contributed by atoms with Crippen LogP contribution < -0.4 is 5.32 Å². The highest BCUT2D eigenvalue weighted by Gasteiger charge is 2.09. The minimum Gasteiger partial charge on any atom is -0.353 e. The second kappa shape index (κ2) is 4.72. The molecular weight excluding hydrogens is 194 g/mol. The van der Waals surface area contributed by atoms with E-state index in [4.69, 9.17) is 0 Å². The lowest BCUT2D eigenvalue weighted by Gasteiger charge is -2.11. The van der Waals surface area contributed by atoms with Crippen molar-refractivity contribution in [2.75, 3.05) is 0 Å². The number of halogens is 1. The molecule has 2 unspecified atom stereocenters. The van der Waals surface area contributed by atoms with Gasteiger partial charge < -0.3 is 5.32 Å². The van der Waals surface area contributed by atoms with E-state index in [1.807, 2.05) is 20.8 Å². The van der Waals surface area contributed by atoms with Crippen molar-refractivity contribution in [1.29, 1.82) is 0 Å². The highest BCUT2D eigenvalue weighted by Crippen LogP contribution is 1.98. The fourth-order valence-electron chi connectivity index (χ4n) is 0.460. The summed E-state index contributed by atoms with van der Waals surface area (Å²) >= 11 is 3.19. The van der Waals surface area contributed by atoms with Crippen LogP contribution in [0.1, 0.15) is 27.2 Å². The predicted molar refractivity (Wildman–Crippen MR) is 46.3 cm³/mol. The Morgan fingerprint density at radius 2 is 2.10 bits per heavy atom. The molecule has 60 valence electrons. The summed E-state index contributed by atoms with van der Waals surface area (Å²) in [5.41, 5.74) is 0. The molecule has 2 nitrogen and oxygen atoms in total. The van der Waals surface area contributed by atoms with Crippen molar-refractivity contribution in [3.63, 3.8) is 0 Å². The van der Waals surface area contributed by atoms with Crippen LogP contribution in [-0.2, 0) is 4.79 Å². The molecule has 10 heavy (non-hydrogen) atoms. The maximum atomic E-state index is 11.0. The van der Waals surface area contributed by atoms with Crippen LogP contribution in [-0.4, -0.2) is 16.8 Å². The Morgan fingerprint density at radius 1 is 1.60 bits per heavy atom. The van der Waals surface area contributed by atoms with Gasteiger partial charge in [-0.15, -0.1) is 0 Å². The number of hydrogen-bond acceptors (Lipinski definition) is 1. The van der Waals surface area contributed by atoms with Crippen molar-refractivity contribution in [1.82, 2.24) is 5.32 Å². The highest BCUT2D eigenvalue weighted by atomic mass is 79.9. The normalized spacial score (nSPS) is 16.0. The lowest BCUT2D eigenvalue weighted by Crippen LogP contribution is -2.36. The zero-order valence-electron chi connectivity index (χ0n) is 6.65. The Morgan fingerprint density at radius 3 is 2.40 bits per heavy atom. The average Bonchev–Trinajstić information content (AvgIpc) is 1.87. The lowest BCUT2D eigenvalue weighted by atomic mass is 10.2. The summed E-state index contributed by atoms with van der Waals surface area (Å²) in [6, 6.07) is 0.285. The Hall–Kier alpha value is -0.0500. The molecule has 0 saturated heterocycles. The van der Waals surface area contributed by atoms with Crippen LogP contribution in [0.3, 0.4) is 0 Å². The molecule has 0 aliphatic heterocycles. The molecule has 1 N–H and O–H groups in total. The van der Waals surface area contributed by atoms with E-state index in [2.05, 4.69) is 21.2 Å². The van der Waals surface area contributed by atoms with Gasteiger partial charge in [-0.1, -0.05) is 22.9 Å². The third kappa shape index (κ3) is 3.88. The number of carbonyl (C=O) groups is 1. The molecule has 0 aromatic carbocycles. The minimum atomic E-state index is -0.0819. The van der Waals surface area contributed by atoms with E-state index in [9.17, 15) is 4.79 Å². The summed E-state index contributed by atoms with van der Waals surface area (Å²) in [7, 11) is 0. The van der Waals surface area contributed by atoms with Gasteiger partial charge in [0.15, 0.2) is 0 Å². The van der Waals surface area contributed by atoms with Crippen molar-refractivity contribution in [3.8, 4) is 0 Å². The summed E-state index contributed by atoms with van der Waals surface area (Å²) in [6.07, 6.45) is 0.978. The van der Waals surface area contributed by atoms with Crippen LogP contribution >= 0.6 is 15.9 Å². The molecule has 0 aromatic heterocycles. The van der Waals surface area contributed by atoms with E-state index in [1.54, 1.807) is 0 Å². The number of alkyl halides is 1. The SMILES string of the molecule is CCC(C)NC(=O)C(C)Br. The van der Waals surface area contributed by atoms with Crippen LogP contribution in [0.2, 0.25) is 0 Å². The zero-order chi connectivity index (χ0) is 8.15. The van der Waals surface area contributed by atoms with Gasteiger partial charge in [-0.3, -0.25) is 4.79 Å². The van der Waals surface area contributed by atoms with Crippen LogP contribution in [0.5, 0.6) is 0 Å². The Kier molecular flexibility index (Phi) is 4.69. The van der Waals surface area contributed by atoms with Gasteiger partial charge in [0.2, 0.25) is 5.91 Å². The van der Waals surface area contributed by atoms with Crippen LogP contribution in [0.15, 0.2) is 0 Å². The molecule has 0 aliphatic carbocycles. The first-order valence-electron chi connectivity index (χ1n) is 3.52. The second-order valence-electron chi connectivity index (χ2n) is 2.43. The smallest absolute Gasteiger partial charge is 0.233 e. The maximum Gasteiger partial charge on any atom is 0.233 e. The van der Waals surface area contributed by atoms with Crippen LogP contribution in [0.4, 0.5) is 0 Å². The van der Waals surface area contributed by atoms with E-state index in [0.717, 1.165) is 6.42 Å². The molecule has 1 amide bonds. The number of hydrogen-bond donors (Lipinski definition) is 1. The van der Waals surface area contributed by atoms with Crippen molar-refractivity contribution >= 4 is 21.8 Å². The van der Waals surface area contributed by atoms with Gasteiger partial charge in [-0.05, 0) is 20.3 Å². The van der Waals surface area contributed by atoms with Crippen molar-refractivity contribution in [2.45, 2.75) is 38.1 Å². The molecule has 0 radical (unpaired) electrons. The van der Waals surface area contributed by atoms with E-state index in [1.165, 1.54) is 0 Å². The largest absolute Gasteiger partial charge is 0.353 e. The van der Waals surface area contributed by atoms with Crippen molar-refractivity contribution < 1.29 is 4.79 Å². The van der Waals surface area contributed by atoms with Gasteiger partial charge in [-0.2, -0.15) is 0 Å². The summed E-state index contributed by atoms with van der Waals surface area (Å²) in [5, 5.41) is 2.84. The highest BCUT2D eigenvalue weighted by molar-refractivity contribution is 9.10. The summed E-state index contributed by atoms with van der Waals surface area (Å²) in [5.74, 6) is 0.0642. The van der Waals surface area contributed by atoms with E-state index in [0.29, 0.717) is 0 Å². The minimum absolute atomic E-state index is 0.0642. The van der Waals surface area contributed by atoms with Crippen LogP contribution in [0, 0.1) is 0 Å². The van der Waals surface area contributed by atoms with Gasteiger partial charge in [-0.25, -0.2) is 0 Å². The monoisotopic (exact) mass is 207 g/mol. The fraction of sp³-hybridized carbons (Fsp3) is 0.857. The molecule has 0 aliphatic rings. The standard InChI is InChI=1S/C7H14BrNO/c1-4-5(2)9-7(10)6(3)8/h5-6H,4H2,1-3H3,(H,9,10). The van der Waals surface area contributed by atoms with Crippen molar-refractivity contribution in [3.05, 3.63) is 0 Å². The number of amides is 1. The molecule has 0 bridgehead atoms. The maximum absolute atomic E-state index is 11.0. The molecule has 0 fully saturated rings. The van der Waals surface area contributed by atoms with Crippen LogP contribution in [0.25, 0.3) is 0 Å². The number of rotatable bonds is 3. The van der Waals surface area contributed by atoms with E-state index in [-0.39, 0.29) is 16.8 Å². The Balaban J connectivity index is 3.57. The second-order valence-corrected chi connectivity index (χ2v) is 3.81. The summed E-state index contributed by atoms with van der Waals surface area (Å²) < 4.78 is 0. The molecule has 0 aromatic rings. The molecule has 0 saturated carbocycles. The van der Waals surface area contributed by atoms with Gasteiger partial charge in [0, 0.05) is 6.04 Å². The summed E-state index contributed by atoms with van der Waals surface area (Å²) in [4.78, 5) is 10.9. The first kappa shape index (κ1) is 9.95. The molecule has 0 heterocycles. The topological polar surface area (TPSA) is 29.1 Å². The average molecular weight is 208 g/mol. The third-order valence-electron chi connectivity index (χ3n) is 1.36. The Bertz CT molecular complexity index is 114. The first-order chi connectivity index (χ1) is 4.57. The molecule has 0 rings (SSSR count). The first-order valence-corrected chi connectivity index (χ1v) is 4.44. The molecular formula is C7H14BrNO. The molecule has 3 heteroatoms. The third-order valence-corrected chi connectivity index (χ3v) is 1.78.